The Morgan fingerprint density at radius 2 is 2.03 bits per heavy atom. The molecule has 1 N–H and O–H groups in total. The fraction of sp³-hybridized carbons (Fsp3) is 0.500. The molecule has 4 unspecified atom stereocenters. The number of hydrogen-bond donors (Lipinski definition) is 1. The minimum atomic E-state index is -4.35. The molecule has 7 heteroatoms. The van der Waals surface area contributed by atoms with Crippen LogP contribution in [-0.4, -0.2) is 23.4 Å². The first-order chi connectivity index (χ1) is 13.7. The number of aromatic nitrogens is 1. The Kier molecular flexibility index (Phi) is 6.36. The second-order valence-electron chi connectivity index (χ2n) is 7.75. The van der Waals surface area contributed by atoms with Gasteiger partial charge in [-0.2, -0.15) is 13.2 Å². The van der Waals surface area contributed by atoms with E-state index in [2.05, 4.69) is 10.5 Å². The molecule has 3 rings (SSSR count). The highest BCUT2D eigenvalue weighted by atomic mass is 19.4. The molecule has 2 aliphatic carbocycles. The second kappa shape index (κ2) is 8.61. The van der Waals surface area contributed by atoms with Crippen LogP contribution in [0.1, 0.15) is 37.3 Å². The lowest BCUT2D eigenvalue weighted by Crippen LogP contribution is -2.53. The predicted molar refractivity (Wildman–Crippen MR) is 105 cm³/mol. The number of nitrogens with zero attached hydrogens (tertiary/aromatic N) is 1. The van der Waals surface area contributed by atoms with Gasteiger partial charge in [0.15, 0.2) is 0 Å². The number of halogens is 3. The molecule has 1 heterocycles. The summed E-state index contributed by atoms with van der Waals surface area (Å²) < 4.78 is 52.2. The van der Waals surface area contributed by atoms with E-state index in [1.165, 1.54) is 0 Å². The Hall–Kier alpha value is -2.28. The van der Waals surface area contributed by atoms with Gasteiger partial charge in [0.05, 0.1) is 11.3 Å². The zero-order valence-corrected chi connectivity index (χ0v) is 17.1. The fourth-order valence-electron chi connectivity index (χ4n) is 3.63. The zero-order valence-electron chi connectivity index (χ0n) is 17.1. The Balaban J connectivity index is 1.64. The first-order valence-corrected chi connectivity index (χ1v) is 9.77. The zero-order chi connectivity index (χ0) is 21.2. The molecule has 2 aliphatic rings. The van der Waals surface area contributed by atoms with E-state index in [9.17, 15) is 13.2 Å². The maximum Gasteiger partial charge on any atom is 0.404 e. The van der Waals surface area contributed by atoms with Gasteiger partial charge in [-0.3, -0.25) is 5.32 Å². The van der Waals surface area contributed by atoms with Crippen molar-refractivity contribution in [2.75, 3.05) is 0 Å². The fourth-order valence-corrected chi connectivity index (χ4v) is 3.63. The molecule has 0 saturated heterocycles. The molecule has 0 aromatic carbocycles. The van der Waals surface area contributed by atoms with Crippen LogP contribution in [0.2, 0.25) is 0 Å². The van der Waals surface area contributed by atoms with Crippen LogP contribution in [0, 0.1) is 25.7 Å². The van der Waals surface area contributed by atoms with Crippen LogP contribution in [0.15, 0.2) is 52.3 Å². The summed E-state index contributed by atoms with van der Waals surface area (Å²) in [6.07, 6.45) is 6.40. The molecule has 0 radical (unpaired) electrons. The summed E-state index contributed by atoms with van der Waals surface area (Å²) in [6.45, 7) is 7.79. The van der Waals surface area contributed by atoms with Crippen molar-refractivity contribution in [2.45, 2.75) is 59.0 Å². The van der Waals surface area contributed by atoms with Crippen molar-refractivity contribution in [3.8, 4) is 0 Å². The molecule has 1 aromatic rings. The maximum absolute atomic E-state index is 13.8. The summed E-state index contributed by atoms with van der Waals surface area (Å²) in [4.78, 5) is 0. The molecule has 29 heavy (non-hydrogen) atoms. The third-order valence-electron chi connectivity index (χ3n) is 5.75. The van der Waals surface area contributed by atoms with Crippen molar-refractivity contribution in [1.29, 1.82) is 0 Å². The van der Waals surface area contributed by atoms with E-state index in [0.29, 0.717) is 11.5 Å². The topological polar surface area (TPSA) is 47.3 Å². The molecule has 0 fully saturated rings. The number of ether oxygens (including phenoxy) is 1. The van der Waals surface area contributed by atoms with Gasteiger partial charge in [0.2, 0.25) is 0 Å². The summed E-state index contributed by atoms with van der Waals surface area (Å²) >= 11 is 0. The summed E-state index contributed by atoms with van der Waals surface area (Å²) in [7, 11) is 0. The van der Waals surface area contributed by atoms with Gasteiger partial charge in [0.25, 0.3) is 0 Å². The molecular formula is C22H27F3N2O2. The van der Waals surface area contributed by atoms with E-state index in [1.54, 1.807) is 31.2 Å². The first kappa shape index (κ1) is 21.4. The van der Waals surface area contributed by atoms with Gasteiger partial charge in [-0.1, -0.05) is 42.0 Å². The highest BCUT2D eigenvalue weighted by molar-refractivity contribution is 5.25. The van der Waals surface area contributed by atoms with Crippen molar-refractivity contribution in [1.82, 2.24) is 10.5 Å². The van der Waals surface area contributed by atoms with Crippen LogP contribution in [-0.2, 0) is 11.3 Å². The smallest absolute Gasteiger partial charge is 0.404 e. The Morgan fingerprint density at radius 1 is 1.28 bits per heavy atom. The van der Waals surface area contributed by atoms with Gasteiger partial charge in [0.1, 0.15) is 24.2 Å². The quantitative estimate of drug-likeness (QED) is 0.693. The number of allylic oxidation sites excluding steroid dienone is 4. The molecule has 4 nitrogen and oxygen atoms in total. The lowest BCUT2D eigenvalue weighted by Gasteiger charge is -2.35. The average Bonchev–Trinajstić information content (AvgIpc) is 2.99. The summed E-state index contributed by atoms with van der Waals surface area (Å²) in [5.74, 6) is 0.572. The minimum absolute atomic E-state index is 0.0157. The predicted octanol–water partition coefficient (Wildman–Crippen LogP) is 5.31. The van der Waals surface area contributed by atoms with Crippen molar-refractivity contribution < 1.29 is 22.4 Å². The summed E-state index contributed by atoms with van der Waals surface area (Å²) in [5, 5.41) is 6.71. The standard InChI is InChI=1S/C22H27F3N2O2/c1-13-6-5-7-20(14(13)2)26-21(22(23,24)25)17-8-10-18(11-9-17)28-12-19-15(3)27-29-16(19)4/h5-8,10-11,14,17,20-21,26H,9,12H2,1-4H3. The van der Waals surface area contributed by atoms with Crippen molar-refractivity contribution in [2.24, 2.45) is 11.8 Å². The van der Waals surface area contributed by atoms with E-state index >= 15 is 0 Å². The van der Waals surface area contributed by atoms with Crippen LogP contribution in [0.4, 0.5) is 13.2 Å². The summed E-state index contributed by atoms with van der Waals surface area (Å²) in [5.41, 5.74) is 2.68. The number of hydrogen-bond acceptors (Lipinski definition) is 4. The molecule has 0 spiro atoms. The van der Waals surface area contributed by atoms with Crippen LogP contribution in [0.25, 0.3) is 0 Å². The van der Waals surface area contributed by atoms with Crippen LogP contribution < -0.4 is 5.32 Å². The largest absolute Gasteiger partial charge is 0.489 e. The van der Waals surface area contributed by atoms with Gasteiger partial charge >= 0.3 is 6.18 Å². The highest BCUT2D eigenvalue weighted by Gasteiger charge is 2.45. The van der Waals surface area contributed by atoms with Gasteiger partial charge < -0.3 is 9.26 Å². The van der Waals surface area contributed by atoms with Crippen molar-refractivity contribution in [3.63, 3.8) is 0 Å². The number of aryl methyl sites for hydroxylation is 2. The van der Waals surface area contributed by atoms with Gasteiger partial charge in [-0.15, -0.1) is 0 Å². The Bertz CT molecular complexity index is 829. The summed E-state index contributed by atoms with van der Waals surface area (Å²) in [6, 6.07) is -1.97. The minimum Gasteiger partial charge on any atom is -0.489 e. The lowest BCUT2D eigenvalue weighted by atomic mass is 9.86. The van der Waals surface area contributed by atoms with Crippen molar-refractivity contribution >= 4 is 0 Å². The first-order valence-electron chi connectivity index (χ1n) is 9.77. The van der Waals surface area contributed by atoms with E-state index in [0.717, 1.165) is 16.8 Å². The third-order valence-corrected chi connectivity index (χ3v) is 5.75. The monoisotopic (exact) mass is 408 g/mol. The van der Waals surface area contributed by atoms with Gasteiger partial charge in [0, 0.05) is 12.0 Å². The number of alkyl halides is 3. The number of rotatable bonds is 6. The highest BCUT2D eigenvalue weighted by Crippen LogP contribution is 2.33. The van der Waals surface area contributed by atoms with Crippen molar-refractivity contribution in [3.05, 3.63) is 64.8 Å². The van der Waals surface area contributed by atoms with E-state index in [4.69, 9.17) is 9.26 Å². The molecule has 0 saturated carbocycles. The number of nitrogens with one attached hydrogen (secondary N) is 1. The van der Waals surface area contributed by atoms with E-state index in [-0.39, 0.29) is 25.0 Å². The molecule has 0 amide bonds. The third kappa shape index (κ3) is 5.01. The molecule has 1 aromatic heterocycles. The average molecular weight is 408 g/mol. The van der Waals surface area contributed by atoms with Gasteiger partial charge in [-0.25, -0.2) is 0 Å². The Labute approximate surface area is 169 Å². The van der Waals surface area contributed by atoms with Crippen LogP contribution in [0.3, 0.4) is 0 Å². The second-order valence-corrected chi connectivity index (χ2v) is 7.75. The van der Waals surface area contributed by atoms with Crippen LogP contribution in [0.5, 0.6) is 0 Å². The molecule has 0 aliphatic heterocycles. The lowest BCUT2D eigenvalue weighted by molar-refractivity contribution is -0.166. The van der Waals surface area contributed by atoms with Crippen LogP contribution >= 0.6 is 0 Å². The molecule has 4 atom stereocenters. The maximum atomic E-state index is 13.8. The van der Waals surface area contributed by atoms with Gasteiger partial charge in [-0.05, 0) is 45.3 Å². The van der Waals surface area contributed by atoms with E-state index < -0.39 is 18.1 Å². The SMILES string of the molecule is CC1=CC=CC(NC(C2C=CC(OCc3c(C)noc3C)=CC2)C(F)(F)F)C1C. The van der Waals surface area contributed by atoms with E-state index in [1.807, 2.05) is 32.9 Å². The Morgan fingerprint density at radius 3 is 2.62 bits per heavy atom. The molecular weight excluding hydrogens is 381 g/mol. The molecule has 158 valence electrons. The normalized spacial score (nSPS) is 25.6. The molecule has 0 bridgehead atoms.